The summed E-state index contributed by atoms with van der Waals surface area (Å²) in [6.45, 7) is 5.62. The van der Waals surface area contributed by atoms with E-state index in [9.17, 15) is 4.79 Å². The summed E-state index contributed by atoms with van der Waals surface area (Å²) >= 11 is 0. The molecule has 0 unspecified atom stereocenters. The standard InChI is InChI=1S/C23H29N7O3/c1-14-13-33-12-9-30(14)22-26-19(15-3-5-17(6-4-15)25-23(31)24-2)18-20(28-29-21(18)27-22)16-7-10-32-11-8-16/h3-6,14,16H,7-13H2,1-2H3,(H2,24,25,31)(H,26,27,28,29)/t14-/m1/s1. The summed E-state index contributed by atoms with van der Waals surface area (Å²) < 4.78 is 11.2. The molecule has 3 aromatic rings. The van der Waals surface area contributed by atoms with Crippen molar-refractivity contribution < 1.29 is 14.3 Å². The van der Waals surface area contributed by atoms with Crippen molar-refractivity contribution >= 4 is 28.7 Å². The number of benzene rings is 1. The van der Waals surface area contributed by atoms with Crippen LogP contribution in [0.2, 0.25) is 0 Å². The fourth-order valence-electron chi connectivity index (χ4n) is 4.47. The van der Waals surface area contributed by atoms with Gasteiger partial charge >= 0.3 is 6.03 Å². The lowest BCUT2D eigenvalue weighted by Crippen LogP contribution is -2.44. The van der Waals surface area contributed by atoms with Crippen molar-refractivity contribution in [1.82, 2.24) is 25.5 Å². The third kappa shape index (κ3) is 4.36. The molecule has 0 saturated carbocycles. The number of nitrogens with zero attached hydrogens (tertiary/aromatic N) is 4. The number of anilines is 2. The maximum Gasteiger partial charge on any atom is 0.318 e. The fourth-order valence-corrected chi connectivity index (χ4v) is 4.47. The first-order valence-corrected chi connectivity index (χ1v) is 11.4. The van der Waals surface area contributed by atoms with Gasteiger partial charge in [-0.05, 0) is 31.9 Å². The summed E-state index contributed by atoms with van der Waals surface area (Å²) in [5, 5.41) is 14.2. The van der Waals surface area contributed by atoms with Gasteiger partial charge in [-0.2, -0.15) is 10.1 Å². The van der Waals surface area contributed by atoms with Crippen molar-refractivity contribution in [2.45, 2.75) is 31.7 Å². The van der Waals surface area contributed by atoms with Crippen molar-refractivity contribution in [3.8, 4) is 11.3 Å². The summed E-state index contributed by atoms with van der Waals surface area (Å²) in [6.07, 6.45) is 1.85. The number of nitrogens with one attached hydrogen (secondary N) is 3. The Kier molecular flexibility index (Phi) is 6.10. The van der Waals surface area contributed by atoms with Crippen molar-refractivity contribution in [1.29, 1.82) is 0 Å². The van der Waals surface area contributed by atoms with E-state index in [1.807, 2.05) is 24.3 Å². The van der Waals surface area contributed by atoms with E-state index < -0.39 is 0 Å². The van der Waals surface area contributed by atoms with Crippen LogP contribution >= 0.6 is 0 Å². The molecule has 1 aromatic carbocycles. The van der Waals surface area contributed by atoms with Crippen LogP contribution in [0.25, 0.3) is 22.3 Å². The second-order valence-corrected chi connectivity index (χ2v) is 8.49. The highest BCUT2D eigenvalue weighted by Crippen LogP contribution is 2.36. The number of hydrogen-bond donors (Lipinski definition) is 3. The number of H-pyrrole nitrogens is 1. The molecule has 0 bridgehead atoms. The maximum atomic E-state index is 11.7. The number of fused-ring (bicyclic) bond motifs is 1. The first-order chi connectivity index (χ1) is 16.1. The molecule has 5 rings (SSSR count). The summed E-state index contributed by atoms with van der Waals surface area (Å²) in [5.74, 6) is 0.972. The molecular weight excluding hydrogens is 422 g/mol. The van der Waals surface area contributed by atoms with E-state index in [1.54, 1.807) is 7.05 Å². The number of urea groups is 1. The molecule has 174 valence electrons. The van der Waals surface area contributed by atoms with Gasteiger partial charge < -0.3 is 25.0 Å². The van der Waals surface area contributed by atoms with Crippen LogP contribution in [0.15, 0.2) is 24.3 Å². The second kappa shape index (κ2) is 9.32. The van der Waals surface area contributed by atoms with Crippen molar-refractivity contribution in [3.63, 3.8) is 0 Å². The van der Waals surface area contributed by atoms with E-state index in [0.717, 1.165) is 60.6 Å². The van der Waals surface area contributed by atoms with Crippen LogP contribution in [0, 0.1) is 0 Å². The molecule has 2 aromatic heterocycles. The molecule has 0 aliphatic carbocycles. The normalized spacial score (nSPS) is 19.6. The van der Waals surface area contributed by atoms with E-state index in [0.29, 0.717) is 30.8 Å². The van der Waals surface area contributed by atoms with Crippen LogP contribution in [0.3, 0.4) is 0 Å². The Labute approximate surface area is 192 Å². The SMILES string of the molecule is CNC(=O)Nc1ccc(-c2nc(N3CCOC[C@H]3C)nc3[nH]nc(C4CCOCC4)c23)cc1. The van der Waals surface area contributed by atoms with Gasteiger partial charge in [-0.25, -0.2) is 9.78 Å². The molecule has 2 saturated heterocycles. The van der Waals surface area contributed by atoms with Gasteiger partial charge in [0.05, 0.1) is 36.0 Å². The number of carbonyl (C=O) groups excluding carboxylic acids is 1. The lowest BCUT2D eigenvalue weighted by atomic mass is 9.93. The molecular formula is C23H29N7O3. The van der Waals surface area contributed by atoms with E-state index in [4.69, 9.17) is 19.4 Å². The highest BCUT2D eigenvalue weighted by atomic mass is 16.5. The zero-order valence-corrected chi connectivity index (χ0v) is 18.9. The minimum atomic E-state index is -0.257. The topological polar surface area (TPSA) is 117 Å². The van der Waals surface area contributed by atoms with Crippen LogP contribution in [-0.4, -0.2) is 72.3 Å². The third-order valence-electron chi connectivity index (χ3n) is 6.31. The number of hydrogen-bond acceptors (Lipinski definition) is 7. The van der Waals surface area contributed by atoms with Gasteiger partial charge in [0.15, 0.2) is 5.65 Å². The summed E-state index contributed by atoms with van der Waals surface area (Å²) in [4.78, 5) is 23.8. The number of rotatable bonds is 4. The Morgan fingerprint density at radius 1 is 1.12 bits per heavy atom. The van der Waals surface area contributed by atoms with E-state index >= 15 is 0 Å². The van der Waals surface area contributed by atoms with E-state index in [1.165, 1.54) is 0 Å². The third-order valence-corrected chi connectivity index (χ3v) is 6.31. The van der Waals surface area contributed by atoms with Gasteiger partial charge in [0, 0.05) is 44.0 Å². The van der Waals surface area contributed by atoms with E-state index in [-0.39, 0.29) is 12.1 Å². The molecule has 2 fully saturated rings. The Morgan fingerprint density at radius 3 is 2.64 bits per heavy atom. The molecule has 33 heavy (non-hydrogen) atoms. The Hall–Kier alpha value is -3.24. The number of aromatic nitrogens is 4. The molecule has 0 spiro atoms. The monoisotopic (exact) mass is 451 g/mol. The number of morpholine rings is 1. The smallest absolute Gasteiger partial charge is 0.318 e. The quantitative estimate of drug-likeness (QED) is 0.558. The van der Waals surface area contributed by atoms with Crippen molar-refractivity contribution in [2.24, 2.45) is 0 Å². The second-order valence-electron chi connectivity index (χ2n) is 8.49. The van der Waals surface area contributed by atoms with Gasteiger partial charge in [0.25, 0.3) is 0 Å². The Bertz CT molecular complexity index is 1130. The molecule has 10 heteroatoms. The van der Waals surface area contributed by atoms with Gasteiger partial charge in [-0.15, -0.1) is 0 Å². The van der Waals surface area contributed by atoms with Gasteiger partial charge in [-0.1, -0.05) is 12.1 Å². The molecule has 4 heterocycles. The van der Waals surface area contributed by atoms with Gasteiger partial charge in [0.1, 0.15) is 0 Å². The molecule has 0 radical (unpaired) electrons. The summed E-state index contributed by atoms with van der Waals surface area (Å²) in [6, 6.07) is 7.63. The first-order valence-electron chi connectivity index (χ1n) is 11.4. The zero-order valence-electron chi connectivity index (χ0n) is 18.9. The van der Waals surface area contributed by atoms with Crippen LogP contribution in [0.5, 0.6) is 0 Å². The average Bonchev–Trinajstić information content (AvgIpc) is 3.29. The van der Waals surface area contributed by atoms with Crippen LogP contribution in [-0.2, 0) is 9.47 Å². The van der Waals surface area contributed by atoms with Crippen LogP contribution in [0.4, 0.5) is 16.4 Å². The van der Waals surface area contributed by atoms with Crippen molar-refractivity contribution in [2.75, 3.05) is 50.2 Å². The predicted molar refractivity (Wildman–Crippen MR) is 126 cm³/mol. The molecule has 1 atom stereocenters. The van der Waals surface area contributed by atoms with Gasteiger partial charge in [0.2, 0.25) is 5.95 Å². The predicted octanol–water partition coefficient (Wildman–Crippen LogP) is 2.89. The van der Waals surface area contributed by atoms with Crippen LogP contribution in [0.1, 0.15) is 31.4 Å². The lowest BCUT2D eigenvalue weighted by Gasteiger charge is -2.33. The summed E-state index contributed by atoms with van der Waals surface area (Å²) in [5.41, 5.74) is 4.24. The lowest BCUT2D eigenvalue weighted by molar-refractivity contribution is 0.0847. The molecule has 3 N–H and O–H groups in total. The highest BCUT2D eigenvalue weighted by molar-refractivity contribution is 5.94. The fraction of sp³-hybridized carbons (Fsp3) is 0.478. The number of carbonyl (C=O) groups is 1. The summed E-state index contributed by atoms with van der Waals surface area (Å²) in [7, 11) is 1.59. The zero-order chi connectivity index (χ0) is 22.8. The Balaban J connectivity index is 1.60. The molecule has 2 amide bonds. The van der Waals surface area contributed by atoms with Crippen molar-refractivity contribution in [3.05, 3.63) is 30.0 Å². The van der Waals surface area contributed by atoms with Gasteiger partial charge in [-0.3, -0.25) is 5.10 Å². The minimum absolute atomic E-state index is 0.182. The van der Waals surface area contributed by atoms with Crippen LogP contribution < -0.4 is 15.5 Å². The minimum Gasteiger partial charge on any atom is -0.381 e. The Morgan fingerprint density at radius 2 is 1.91 bits per heavy atom. The number of amides is 2. The highest BCUT2D eigenvalue weighted by Gasteiger charge is 2.27. The number of aromatic amines is 1. The maximum absolute atomic E-state index is 11.7. The van der Waals surface area contributed by atoms with E-state index in [2.05, 4.69) is 32.7 Å². The first kappa shape index (κ1) is 21.6. The number of ether oxygens (including phenoxy) is 2. The molecule has 10 nitrogen and oxygen atoms in total. The molecule has 2 aliphatic rings. The average molecular weight is 452 g/mol. The molecule has 2 aliphatic heterocycles. The largest absolute Gasteiger partial charge is 0.381 e.